The lowest BCUT2D eigenvalue weighted by molar-refractivity contribution is 0.795. The van der Waals surface area contributed by atoms with Gasteiger partial charge in [-0.15, -0.1) is 0 Å². The third kappa shape index (κ3) is 5.96. The number of unbranched alkanes of at least 4 members (excludes halogenated alkanes) is 2. The van der Waals surface area contributed by atoms with Gasteiger partial charge in [0.15, 0.2) is 0 Å². The molecule has 1 unspecified atom stereocenters. The van der Waals surface area contributed by atoms with E-state index in [1.54, 1.807) is 10.4 Å². The zero-order valence-electron chi connectivity index (χ0n) is 22.5. The van der Waals surface area contributed by atoms with Crippen molar-refractivity contribution in [3.05, 3.63) is 100 Å². The Morgan fingerprint density at radius 3 is 1.80 bits per heavy atom. The van der Waals surface area contributed by atoms with Crippen molar-refractivity contribution in [1.82, 2.24) is 0 Å². The molecule has 1 aliphatic rings. The monoisotopic (exact) mass is 478 g/mol. The van der Waals surface area contributed by atoms with E-state index in [1.165, 1.54) is 83.1 Å². The van der Waals surface area contributed by atoms with Gasteiger partial charge in [0, 0.05) is 0 Å². The molecule has 0 saturated carbocycles. The van der Waals surface area contributed by atoms with Crippen LogP contribution in [0.15, 0.2) is 89.1 Å². The van der Waals surface area contributed by atoms with Crippen molar-refractivity contribution in [3.8, 4) is 22.3 Å². The van der Waals surface area contributed by atoms with Crippen LogP contribution in [0.25, 0.3) is 22.3 Å². The predicted molar refractivity (Wildman–Crippen MR) is 158 cm³/mol. The van der Waals surface area contributed by atoms with E-state index >= 15 is 0 Å². The molecule has 3 aromatic carbocycles. The van der Waals surface area contributed by atoms with Crippen molar-refractivity contribution in [2.24, 2.45) is 5.92 Å². The lowest BCUT2D eigenvalue weighted by Gasteiger charge is -2.19. The molecule has 0 aromatic heterocycles. The van der Waals surface area contributed by atoms with Crippen LogP contribution in [0.3, 0.4) is 0 Å². The molecule has 0 radical (unpaired) electrons. The summed E-state index contributed by atoms with van der Waals surface area (Å²) in [7, 11) is -0.575. The highest BCUT2D eigenvalue weighted by Crippen LogP contribution is 2.34. The van der Waals surface area contributed by atoms with Crippen LogP contribution in [-0.4, -0.2) is 9.52 Å². The van der Waals surface area contributed by atoms with Gasteiger partial charge in [0.25, 0.3) is 0 Å². The summed E-state index contributed by atoms with van der Waals surface area (Å²) in [6.07, 6.45) is 9.82. The highest BCUT2D eigenvalue weighted by molar-refractivity contribution is 6.63. The average Bonchev–Trinajstić information content (AvgIpc) is 3.12. The van der Waals surface area contributed by atoms with Crippen molar-refractivity contribution >= 4 is 14.7 Å². The normalized spacial score (nSPS) is 15.9. The molecular formula is C34H42Si. The molecule has 35 heavy (non-hydrogen) atoms. The Morgan fingerprint density at radius 2 is 1.29 bits per heavy atom. The van der Waals surface area contributed by atoms with Crippen molar-refractivity contribution in [3.63, 3.8) is 0 Å². The first kappa shape index (κ1) is 25.4. The van der Waals surface area contributed by atoms with Gasteiger partial charge in [0.2, 0.25) is 0 Å². The first-order valence-corrected chi connectivity index (χ1v) is 15.1. The molecule has 1 atom stereocenters. The predicted octanol–water partition coefficient (Wildman–Crippen LogP) is 8.37. The summed E-state index contributed by atoms with van der Waals surface area (Å²) in [5.41, 5.74) is 11.5. The Hall–Kier alpha value is -2.64. The van der Waals surface area contributed by atoms with Crippen LogP contribution in [0.5, 0.6) is 0 Å². The van der Waals surface area contributed by atoms with Crippen molar-refractivity contribution < 1.29 is 0 Å². The minimum absolute atomic E-state index is 0.575. The first-order chi connectivity index (χ1) is 17.0. The molecule has 0 N–H and O–H groups in total. The van der Waals surface area contributed by atoms with Gasteiger partial charge in [-0.1, -0.05) is 128 Å². The molecule has 4 rings (SSSR count). The minimum atomic E-state index is -0.575. The maximum atomic E-state index is 2.46. The molecule has 0 amide bonds. The minimum Gasteiger partial charge on any atom is -0.0748 e. The fraction of sp³-hybridized carbons (Fsp3) is 0.353. The SMILES string of the molecule is CCCCc1ccc(-c2cccc([SiH2]C3=C(C)C(C)=CC3C)c2-c2ccc(CCCC)cc2)cc1. The molecule has 0 fully saturated rings. The highest BCUT2D eigenvalue weighted by Gasteiger charge is 2.21. The van der Waals surface area contributed by atoms with Gasteiger partial charge in [-0.3, -0.25) is 0 Å². The maximum Gasteiger partial charge on any atom is 0.0843 e. The Bertz CT molecular complexity index is 1190. The molecule has 1 heteroatoms. The summed E-state index contributed by atoms with van der Waals surface area (Å²) >= 11 is 0. The van der Waals surface area contributed by atoms with Crippen LogP contribution in [-0.2, 0) is 12.8 Å². The summed E-state index contributed by atoms with van der Waals surface area (Å²) < 4.78 is 0. The van der Waals surface area contributed by atoms with E-state index < -0.39 is 9.52 Å². The Labute approximate surface area is 216 Å². The van der Waals surface area contributed by atoms with Crippen molar-refractivity contribution in [1.29, 1.82) is 0 Å². The van der Waals surface area contributed by atoms with Crippen LogP contribution in [0, 0.1) is 5.92 Å². The van der Waals surface area contributed by atoms with E-state index in [2.05, 4.69) is 107 Å². The summed E-state index contributed by atoms with van der Waals surface area (Å²) in [5.74, 6) is 0.576. The number of allylic oxidation sites excluding steroid dienone is 4. The van der Waals surface area contributed by atoms with Gasteiger partial charge in [0.05, 0.1) is 9.52 Å². The van der Waals surface area contributed by atoms with E-state index in [-0.39, 0.29) is 0 Å². The highest BCUT2D eigenvalue weighted by atomic mass is 28.2. The molecule has 0 spiro atoms. The van der Waals surface area contributed by atoms with Gasteiger partial charge in [-0.05, 0) is 78.8 Å². The maximum absolute atomic E-state index is 2.46. The molecule has 182 valence electrons. The summed E-state index contributed by atoms with van der Waals surface area (Å²) in [6, 6.07) is 25.9. The van der Waals surface area contributed by atoms with Crippen LogP contribution in [0.1, 0.15) is 71.4 Å². The molecule has 0 saturated heterocycles. The van der Waals surface area contributed by atoms with Gasteiger partial charge in [-0.2, -0.15) is 0 Å². The fourth-order valence-corrected chi connectivity index (χ4v) is 7.69. The third-order valence-electron chi connectivity index (χ3n) is 7.80. The zero-order valence-corrected chi connectivity index (χ0v) is 23.9. The number of aryl methyl sites for hydroxylation is 2. The van der Waals surface area contributed by atoms with E-state index in [0.717, 1.165) is 0 Å². The quantitative estimate of drug-likeness (QED) is 0.257. The largest absolute Gasteiger partial charge is 0.0843 e. The molecule has 0 aliphatic heterocycles. The van der Waals surface area contributed by atoms with Gasteiger partial charge < -0.3 is 0 Å². The smallest absolute Gasteiger partial charge is 0.0748 e. The third-order valence-corrected chi connectivity index (χ3v) is 10.3. The zero-order chi connectivity index (χ0) is 24.8. The van der Waals surface area contributed by atoms with Crippen LogP contribution in [0.2, 0.25) is 0 Å². The standard InChI is InChI=1S/C34H42Si/c1-6-8-11-27-15-19-29(20-16-27)31-13-10-14-32(35-34-25(4)23-24(3)26(34)5)33(31)30-21-17-28(18-22-30)12-9-7-2/h10,13-23,25H,6-9,11-12,35H2,1-5H3. The fourth-order valence-electron chi connectivity index (χ4n) is 5.47. The lowest BCUT2D eigenvalue weighted by Crippen LogP contribution is -2.22. The second-order valence-electron chi connectivity index (χ2n) is 10.4. The molecule has 3 aromatic rings. The number of hydrogen-bond donors (Lipinski definition) is 0. The second kappa shape index (κ2) is 11.9. The second-order valence-corrected chi connectivity index (χ2v) is 12.3. The van der Waals surface area contributed by atoms with Crippen molar-refractivity contribution in [2.75, 3.05) is 0 Å². The lowest BCUT2D eigenvalue weighted by atomic mass is 9.92. The number of hydrogen-bond acceptors (Lipinski definition) is 0. The Balaban J connectivity index is 1.77. The van der Waals surface area contributed by atoms with E-state index in [4.69, 9.17) is 0 Å². The summed E-state index contributed by atoms with van der Waals surface area (Å²) in [4.78, 5) is 0. The van der Waals surface area contributed by atoms with Gasteiger partial charge >= 0.3 is 0 Å². The first-order valence-electron chi connectivity index (χ1n) is 13.7. The van der Waals surface area contributed by atoms with Gasteiger partial charge in [0.1, 0.15) is 0 Å². The molecule has 0 bridgehead atoms. The van der Waals surface area contributed by atoms with E-state index in [0.29, 0.717) is 5.92 Å². The van der Waals surface area contributed by atoms with E-state index in [9.17, 15) is 0 Å². The Morgan fingerprint density at radius 1 is 0.714 bits per heavy atom. The molecular weight excluding hydrogens is 436 g/mol. The summed E-state index contributed by atoms with van der Waals surface area (Å²) in [5, 5.41) is 3.28. The van der Waals surface area contributed by atoms with Crippen LogP contribution < -0.4 is 5.19 Å². The van der Waals surface area contributed by atoms with Crippen LogP contribution >= 0.6 is 0 Å². The average molecular weight is 479 g/mol. The van der Waals surface area contributed by atoms with Gasteiger partial charge in [-0.25, -0.2) is 0 Å². The Kier molecular flexibility index (Phi) is 8.63. The number of rotatable bonds is 10. The van der Waals surface area contributed by atoms with Crippen molar-refractivity contribution in [2.45, 2.75) is 73.1 Å². The number of benzene rings is 3. The molecule has 0 nitrogen and oxygen atoms in total. The topological polar surface area (TPSA) is 0 Å². The molecule has 1 aliphatic carbocycles. The van der Waals surface area contributed by atoms with E-state index in [1.807, 2.05) is 0 Å². The van der Waals surface area contributed by atoms with Crippen LogP contribution in [0.4, 0.5) is 0 Å². The molecule has 0 heterocycles. The summed E-state index contributed by atoms with van der Waals surface area (Å²) in [6.45, 7) is 11.5.